The minimum absolute atomic E-state index is 0.326. The molecule has 0 spiro atoms. The summed E-state index contributed by atoms with van der Waals surface area (Å²) in [6.45, 7) is 0.670. The van der Waals surface area contributed by atoms with Crippen LogP contribution < -0.4 is 5.32 Å². The Kier molecular flexibility index (Phi) is 4.68. The van der Waals surface area contributed by atoms with Gasteiger partial charge >= 0.3 is 0 Å². The third kappa shape index (κ3) is 3.99. The second kappa shape index (κ2) is 6.29. The van der Waals surface area contributed by atoms with Gasteiger partial charge < -0.3 is 5.32 Å². The van der Waals surface area contributed by atoms with Crippen LogP contribution in [0.5, 0.6) is 0 Å². The van der Waals surface area contributed by atoms with E-state index in [0.29, 0.717) is 17.3 Å². The van der Waals surface area contributed by atoms with Crippen LogP contribution in [0.15, 0.2) is 53.4 Å². The highest BCUT2D eigenvalue weighted by Crippen LogP contribution is 2.15. The quantitative estimate of drug-likeness (QED) is 0.861. The van der Waals surface area contributed by atoms with Crippen molar-refractivity contribution in [1.82, 2.24) is 0 Å². The summed E-state index contributed by atoms with van der Waals surface area (Å²) < 4.78 is 22.7. The lowest BCUT2D eigenvalue weighted by atomic mass is 10.1. The zero-order valence-corrected chi connectivity index (χ0v) is 12.7. The van der Waals surface area contributed by atoms with E-state index in [2.05, 4.69) is 5.32 Å². The Morgan fingerprint density at radius 1 is 1.05 bits per heavy atom. The fourth-order valence-electron chi connectivity index (χ4n) is 1.85. The van der Waals surface area contributed by atoms with Gasteiger partial charge in [0.05, 0.1) is 4.90 Å². The molecule has 0 fully saturated rings. The van der Waals surface area contributed by atoms with Crippen LogP contribution in [0, 0.1) is 0 Å². The molecule has 1 N–H and O–H groups in total. The lowest BCUT2D eigenvalue weighted by molar-refractivity contribution is 0.602. The summed E-state index contributed by atoms with van der Waals surface area (Å²) in [6, 6.07) is 14.8. The molecule has 2 aromatic rings. The van der Waals surface area contributed by atoms with Crippen LogP contribution in [-0.4, -0.2) is 14.7 Å². The number of hydrogen-bond acceptors (Lipinski definition) is 3. The maximum atomic E-state index is 11.4. The monoisotopic (exact) mass is 309 g/mol. The maximum Gasteiger partial charge on any atom is 0.175 e. The van der Waals surface area contributed by atoms with Crippen molar-refractivity contribution in [3.05, 3.63) is 59.7 Å². The average molecular weight is 310 g/mol. The smallest absolute Gasteiger partial charge is 0.175 e. The number of benzene rings is 2. The molecule has 3 nitrogen and oxygen atoms in total. The summed E-state index contributed by atoms with van der Waals surface area (Å²) in [5.74, 6) is 0.497. The highest BCUT2D eigenvalue weighted by molar-refractivity contribution is 7.90. The van der Waals surface area contributed by atoms with E-state index in [1.165, 1.54) is 6.26 Å². The van der Waals surface area contributed by atoms with Crippen molar-refractivity contribution in [3.63, 3.8) is 0 Å². The first kappa shape index (κ1) is 14.9. The van der Waals surface area contributed by atoms with Crippen molar-refractivity contribution in [2.24, 2.45) is 0 Å². The first-order valence-corrected chi connectivity index (χ1v) is 8.59. The highest BCUT2D eigenvalue weighted by Gasteiger charge is 2.05. The fraction of sp³-hybridized carbons (Fsp3) is 0.200. The van der Waals surface area contributed by atoms with Crippen LogP contribution in [-0.2, 0) is 22.3 Å². The number of hydrogen-bond donors (Lipinski definition) is 1. The van der Waals surface area contributed by atoms with E-state index in [0.717, 1.165) is 16.8 Å². The zero-order valence-electron chi connectivity index (χ0n) is 11.1. The molecule has 0 unspecified atom stereocenters. The third-order valence-electron chi connectivity index (χ3n) is 2.92. The molecule has 0 amide bonds. The number of alkyl halides is 1. The van der Waals surface area contributed by atoms with Gasteiger partial charge in [-0.3, -0.25) is 0 Å². The van der Waals surface area contributed by atoms with Gasteiger partial charge in [0.2, 0.25) is 0 Å². The molecule has 0 atom stereocenters. The maximum absolute atomic E-state index is 11.4. The summed E-state index contributed by atoms with van der Waals surface area (Å²) in [6.07, 6.45) is 1.20. The van der Waals surface area contributed by atoms with Gasteiger partial charge in [-0.05, 0) is 35.4 Å². The minimum atomic E-state index is -3.14. The van der Waals surface area contributed by atoms with E-state index in [-0.39, 0.29) is 0 Å². The molecule has 2 rings (SSSR count). The van der Waals surface area contributed by atoms with Crippen LogP contribution in [0.4, 0.5) is 5.69 Å². The number of rotatable bonds is 5. The lowest BCUT2D eigenvalue weighted by Gasteiger charge is -2.08. The summed E-state index contributed by atoms with van der Waals surface area (Å²) >= 11 is 5.80. The molecule has 0 saturated carbocycles. The third-order valence-corrected chi connectivity index (χ3v) is 4.36. The Morgan fingerprint density at radius 2 is 1.70 bits per heavy atom. The largest absolute Gasteiger partial charge is 0.381 e. The topological polar surface area (TPSA) is 46.2 Å². The van der Waals surface area contributed by atoms with Crippen molar-refractivity contribution >= 4 is 27.1 Å². The summed E-state index contributed by atoms with van der Waals surface area (Å²) in [4.78, 5) is 0.326. The van der Waals surface area contributed by atoms with Gasteiger partial charge in [-0.25, -0.2) is 8.42 Å². The molecule has 0 aliphatic heterocycles. The highest BCUT2D eigenvalue weighted by atomic mass is 35.5. The summed E-state index contributed by atoms with van der Waals surface area (Å²) in [7, 11) is -3.14. The van der Waals surface area contributed by atoms with Crippen molar-refractivity contribution in [2.75, 3.05) is 11.6 Å². The van der Waals surface area contributed by atoms with Crippen molar-refractivity contribution < 1.29 is 8.42 Å². The molecular formula is C15H16ClNO2S. The van der Waals surface area contributed by atoms with Crippen molar-refractivity contribution in [2.45, 2.75) is 17.3 Å². The van der Waals surface area contributed by atoms with E-state index in [4.69, 9.17) is 11.6 Å². The number of nitrogens with one attached hydrogen (secondary N) is 1. The molecular weight excluding hydrogens is 294 g/mol. The summed E-state index contributed by atoms with van der Waals surface area (Å²) in [5.41, 5.74) is 3.10. The van der Waals surface area contributed by atoms with Crippen molar-refractivity contribution in [3.8, 4) is 0 Å². The van der Waals surface area contributed by atoms with Gasteiger partial charge in [-0.1, -0.05) is 24.3 Å². The minimum Gasteiger partial charge on any atom is -0.381 e. The van der Waals surface area contributed by atoms with Gasteiger partial charge in [-0.2, -0.15) is 0 Å². The lowest BCUT2D eigenvalue weighted by Crippen LogP contribution is -2.01. The Bertz CT molecular complexity index is 681. The van der Waals surface area contributed by atoms with E-state index < -0.39 is 9.84 Å². The van der Waals surface area contributed by atoms with E-state index in [9.17, 15) is 8.42 Å². The molecule has 0 radical (unpaired) electrons. The first-order chi connectivity index (χ1) is 9.49. The van der Waals surface area contributed by atoms with Crippen LogP contribution in [0.25, 0.3) is 0 Å². The Balaban J connectivity index is 2.04. The van der Waals surface area contributed by atoms with E-state index in [1.807, 2.05) is 24.3 Å². The molecule has 0 heterocycles. The predicted molar refractivity (Wildman–Crippen MR) is 82.9 cm³/mol. The van der Waals surface area contributed by atoms with Gasteiger partial charge in [-0.15, -0.1) is 11.6 Å². The van der Waals surface area contributed by atoms with Crippen LogP contribution >= 0.6 is 11.6 Å². The van der Waals surface area contributed by atoms with Crippen LogP contribution in [0.2, 0.25) is 0 Å². The van der Waals surface area contributed by atoms with E-state index >= 15 is 0 Å². The van der Waals surface area contributed by atoms with Crippen LogP contribution in [0.3, 0.4) is 0 Å². The first-order valence-electron chi connectivity index (χ1n) is 6.17. The number of anilines is 1. The SMILES string of the molecule is CS(=O)(=O)c1ccc(NCc2cccc(CCl)c2)cc1. The molecule has 20 heavy (non-hydrogen) atoms. The second-order valence-electron chi connectivity index (χ2n) is 4.60. The van der Waals surface area contributed by atoms with E-state index in [1.54, 1.807) is 24.3 Å². The number of halogens is 1. The molecule has 0 aromatic heterocycles. The average Bonchev–Trinajstić information content (AvgIpc) is 2.45. The molecule has 106 valence electrons. The van der Waals surface area contributed by atoms with Crippen molar-refractivity contribution in [1.29, 1.82) is 0 Å². The van der Waals surface area contributed by atoms with Gasteiger partial charge in [0.15, 0.2) is 9.84 Å². The zero-order chi connectivity index (χ0) is 14.6. The Labute approximate surface area is 124 Å². The summed E-state index contributed by atoms with van der Waals surface area (Å²) in [5, 5.41) is 3.25. The standard InChI is InChI=1S/C15H16ClNO2S/c1-20(18,19)15-7-5-14(6-8-15)17-11-13-4-2-3-12(9-13)10-16/h2-9,17H,10-11H2,1H3. The molecule has 0 aliphatic carbocycles. The molecule has 2 aromatic carbocycles. The fourth-order valence-corrected chi connectivity index (χ4v) is 2.64. The molecule has 0 bridgehead atoms. The molecule has 0 aliphatic rings. The second-order valence-corrected chi connectivity index (χ2v) is 6.89. The van der Waals surface area contributed by atoms with Crippen LogP contribution in [0.1, 0.15) is 11.1 Å². The Hall–Kier alpha value is -1.52. The predicted octanol–water partition coefficient (Wildman–Crippen LogP) is 3.44. The molecule has 5 heteroatoms. The molecule has 0 saturated heterocycles. The van der Waals surface area contributed by atoms with Gasteiger partial charge in [0, 0.05) is 24.4 Å². The Morgan fingerprint density at radius 3 is 2.30 bits per heavy atom. The number of sulfone groups is 1. The van der Waals surface area contributed by atoms with Gasteiger partial charge in [0.25, 0.3) is 0 Å². The van der Waals surface area contributed by atoms with Gasteiger partial charge in [0.1, 0.15) is 0 Å². The normalized spacial score (nSPS) is 11.3.